The number of benzene rings is 1. The van der Waals surface area contributed by atoms with Gasteiger partial charge in [0.15, 0.2) is 17.4 Å². The number of ether oxygens (including phenoxy) is 1. The van der Waals surface area contributed by atoms with Gasteiger partial charge in [0.1, 0.15) is 12.0 Å². The molecule has 1 amide bonds. The monoisotopic (exact) mass is 530 g/mol. The van der Waals surface area contributed by atoms with Crippen LogP contribution in [0.25, 0.3) is 11.4 Å². The molecule has 2 N–H and O–H groups in total. The van der Waals surface area contributed by atoms with Crippen LogP contribution < -0.4 is 14.8 Å². The van der Waals surface area contributed by atoms with Crippen molar-refractivity contribution in [1.82, 2.24) is 29.8 Å². The lowest BCUT2D eigenvalue weighted by atomic mass is 9.86. The number of methoxy groups -OCH3 is 1. The Morgan fingerprint density at radius 3 is 2.65 bits per heavy atom. The van der Waals surface area contributed by atoms with E-state index in [2.05, 4.69) is 25.1 Å². The zero-order valence-corrected chi connectivity index (χ0v) is 21.9. The van der Waals surface area contributed by atoms with Crippen molar-refractivity contribution in [2.24, 2.45) is 5.92 Å². The molecule has 1 saturated carbocycles. The second kappa shape index (κ2) is 11.3. The zero-order valence-electron chi connectivity index (χ0n) is 21.1. The summed E-state index contributed by atoms with van der Waals surface area (Å²) in [5.41, 5.74) is 2.26. The fourth-order valence-electron chi connectivity index (χ4n) is 4.55. The van der Waals surface area contributed by atoms with E-state index in [1.165, 1.54) is 25.5 Å². The number of amides is 1. The third-order valence-electron chi connectivity index (χ3n) is 6.32. The molecule has 0 spiro atoms. The lowest BCUT2D eigenvalue weighted by Gasteiger charge is -2.28. The summed E-state index contributed by atoms with van der Waals surface area (Å²) in [6, 6.07) is 7.88. The van der Waals surface area contributed by atoms with Crippen LogP contribution in [0.2, 0.25) is 0 Å². The van der Waals surface area contributed by atoms with E-state index in [1.54, 1.807) is 30.1 Å². The van der Waals surface area contributed by atoms with E-state index in [4.69, 9.17) is 4.74 Å². The number of pyridine rings is 1. The van der Waals surface area contributed by atoms with Gasteiger partial charge in [-0.2, -0.15) is 5.10 Å². The van der Waals surface area contributed by atoms with Gasteiger partial charge in [0.25, 0.3) is 5.91 Å². The first-order valence-electron chi connectivity index (χ1n) is 12.1. The normalized spacial score (nSPS) is 17.9. The molecule has 1 aromatic carbocycles. The molecule has 0 unspecified atom stereocenters. The van der Waals surface area contributed by atoms with Gasteiger partial charge in [-0.05, 0) is 68.4 Å². The fourth-order valence-corrected chi connectivity index (χ4v) is 5.39. The van der Waals surface area contributed by atoms with Gasteiger partial charge in [0.05, 0.1) is 13.4 Å². The average Bonchev–Trinajstić information content (AvgIpc) is 3.32. The first-order chi connectivity index (χ1) is 17.6. The Kier molecular flexibility index (Phi) is 8.18. The fraction of sp³-hybridized carbons (Fsp3) is 0.440. The molecular weight excluding hydrogens is 499 g/mol. The Morgan fingerprint density at radius 2 is 1.95 bits per heavy atom. The summed E-state index contributed by atoms with van der Waals surface area (Å²) >= 11 is 0. The molecule has 1 aliphatic rings. The lowest BCUT2D eigenvalue weighted by molar-refractivity contribution is 0.0945. The maximum absolute atomic E-state index is 13.6. The number of hydrogen-bond donors (Lipinski definition) is 2. The zero-order chi connectivity index (χ0) is 26.6. The van der Waals surface area contributed by atoms with Crippen molar-refractivity contribution in [1.29, 1.82) is 0 Å². The third kappa shape index (κ3) is 7.32. The summed E-state index contributed by atoms with van der Waals surface area (Å²) < 4.78 is 46.0. The topological polar surface area (TPSA) is 128 Å². The summed E-state index contributed by atoms with van der Waals surface area (Å²) in [6.45, 7) is 2.68. The van der Waals surface area contributed by atoms with Gasteiger partial charge in [-0.15, -0.1) is 0 Å². The van der Waals surface area contributed by atoms with Crippen LogP contribution in [0, 0.1) is 18.7 Å². The minimum absolute atomic E-state index is 0.00740. The molecule has 1 fully saturated rings. The molecule has 198 valence electrons. The highest BCUT2D eigenvalue weighted by Gasteiger charge is 2.24. The number of carbonyl (C=O) groups excluding carboxylic acids is 1. The van der Waals surface area contributed by atoms with Crippen LogP contribution in [0.15, 0.2) is 36.7 Å². The van der Waals surface area contributed by atoms with Gasteiger partial charge >= 0.3 is 0 Å². The summed E-state index contributed by atoms with van der Waals surface area (Å²) in [5, 5.41) is 7.40. The van der Waals surface area contributed by atoms with Crippen molar-refractivity contribution >= 4 is 15.9 Å². The molecule has 0 aliphatic heterocycles. The highest BCUT2D eigenvalue weighted by Crippen LogP contribution is 2.26. The predicted molar refractivity (Wildman–Crippen MR) is 136 cm³/mol. The lowest BCUT2D eigenvalue weighted by Crippen LogP contribution is -2.37. The first kappa shape index (κ1) is 26.7. The first-order valence-corrected chi connectivity index (χ1v) is 13.9. The highest BCUT2D eigenvalue weighted by atomic mass is 32.2. The van der Waals surface area contributed by atoms with E-state index in [9.17, 15) is 17.6 Å². The molecule has 12 heteroatoms. The van der Waals surface area contributed by atoms with Crippen LogP contribution in [0.4, 0.5) is 4.39 Å². The number of carbonyl (C=O) groups is 1. The van der Waals surface area contributed by atoms with Gasteiger partial charge in [-0.25, -0.2) is 27.5 Å². The number of halogens is 1. The smallest absolute Gasteiger partial charge is 0.270 e. The number of nitrogens with one attached hydrogen (secondary N) is 2. The molecular formula is C25H31FN6O4S. The Bertz CT molecular complexity index is 1370. The maximum Gasteiger partial charge on any atom is 0.270 e. The molecule has 3 aromatic rings. The van der Waals surface area contributed by atoms with E-state index >= 15 is 0 Å². The molecule has 2 heterocycles. The number of hydrogen-bond acceptors (Lipinski definition) is 7. The van der Waals surface area contributed by atoms with E-state index in [-0.39, 0.29) is 29.9 Å². The van der Waals surface area contributed by atoms with E-state index in [0.29, 0.717) is 35.1 Å². The maximum atomic E-state index is 13.6. The van der Waals surface area contributed by atoms with Gasteiger partial charge in [-0.3, -0.25) is 9.48 Å². The summed E-state index contributed by atoms with van der Waals surface area (Å²) in [7, 11) is -1.81. The van der Waals surface area contributed by atoms with E-state index < -0.39 is 15.8 Å². The molecule has 0 saturated heterocycles. The van der Waals surface area contributed by atoms with Crippen molar-refractivity contribution in [2.75, 3.05) is 13.4 Å². The Labute approximate surface area is 215 Å². The number of aromatic nitrogens is 4. The molecule has 37 heavy (non-hydrogen) atoms. The van der Waals surface area contributed by atoms with Crippen LogP contribution in [0.1, 0.15) is 47.4 Å². The Balaban J connectivity index is 1.38. The Hall–Kier alpha value is -3.38. The molecule has 4 rings (SSSR count). The molecule has 0 bridgehead atoms. The van der Waals surface area contributed by atoms with Crippen molar-refractivity contribution in [3.63, 3.8) is 0 Å². The summed E-state index contributed by atoms with van der Waals surface area (Å²) in [4.78, 5) is 21.6. The Morgan fingerprint density at radius 1 is 1.19 bits per heavy atom. The number of aryl methyl sites for hydroxylation is 1. The third-order valence-corrected chi connectivity index (χ3v) is 7.08. The molecule has 2 aromatic heterocycles. The van der Waals surface area contributed by atoms with Gasteiger partial charge in [0.2, 0.25) is 10.0 Å². The van der Waals surface area contributed by atoms with Crippen LogP contribution >= 0.6 is 0 Å². The second-order valence-corrected chi connectivity index (χ2v) is 11.2. The minimum Gasteiger partial charge on any atom is -0.494 e. The summed E-state index contributed by atoms with van der Waals surface area (Å²) in [5.74, 6) is 0.161. The van der Waals surface area contributed by atoms with Gasteiger partial charge < -0.3 is 10.1 Å². The molecule has 0 atom stereocenters. The SMILES string of the molecule is COc1cc(CNC(=O)c2cc(-c3ncn(C[C@H]4CC[C@H](NS(C)(=O)=O)CC4)n3)cc(C)n2)ccc1F. The number of sulfonamides is 1. The van der Waals surface area contributed by atoms with Crippen molar-refractivity contribution in [2.45, 2.75) is 51.7 Å². The number of rotatable bonds is 9. The standard InChI is InChI=1S/C25H31FN6O4S/c1-16-10-19(12-22(29-16)25(33)27-13-18-6-9-21(26)23(11-18)36-2)24-28-15-32(30-24)14-17-4-7-20(8-5-17)31-37(3,34)35/h6,9-12,15,17,20,31H,4-5,7-8,13-14H2,1-3H3,(H,27,33)/t17-,20-. The quantitative estimate of drug-likeness (QED) is 0.435. The minimum atomic E-state index is -3.19. The van der Waals surface area contributed by atoms with Crippen molar-refractivity contribution in [3.8, 4) is 17.1 Å². The largest absolute Gasteiger partial charge is 0.494 e. The molecule has 10 nitrogen and oxygen atoms in total. The van der Waals surface area contributed by atoms with E-state index in [1.807, 2.05) is 6.07 Å². The van der Waals surface area contributed by atoms with E-state index in [0.717, 1.165) is 25.7 Å². The molecule has 1 aliphatic carbocycles. The average molecular weight is 531 g/mol. The van der Waals surface area contributed by atoms with Crippen molar-refractivity contribution in [3.05, 3.63) is 59.4 Å². The van der Waals surface area contributed by atoms with Crippen LogP contribution in [0.3, 0.4) is 0 Å². The van der Waals surface area contributed by atoms with Gasteiger partial charge in [-0.1, -0.05) is 6.07 Å². The summed E-state index contributed by atoms with van der Waals surface area (Å²) in [6.07, 6.45) is 6.27. The van der Waals surface area contributed by atoms with Gasteiger partial charge in [0, 0.05) is 30.4 Å². The molecule has 0 radical (unpaired) electrons. The predicted octanol–water partition coefficient (Wildman–Crippen LogP) is 2.83. The van der Waals surface area contributed by atoms with Crippen LogP contribution in [-0.4, -0.2) is 53.5 Å². The van der Waals surface area contributed by atoms with Crippen LogP contribution in [-0.2, 0) is 23.1 Å². The van der Waals surface area contributed by atoms with Crippen molar-refractivity contribution < 1.29 is 22.3 Å². The highest BCUT2D eigenvalue weighted by molar-refractivity contribution is 7.88. The number of nitrogens with zero attached hydrogens (tertiary/aromatic N) is 4. The van der Waals surface area contributed by atoms with Crippen LogP contribution in [0.5, 0.6) is 5.75 Å². The second-order valence-electron chi connectivity index (χ2n) is 9.43.